The molecule has 0 atom stereocenters. The van der Waals surface area contributed by atoms with Crippen LogP contribution in [0.2, 0.25) is 0 Å². The Balaban J connectivity index is 1.51. The van der Waals surface area contributed by atoms with Gasteiger partial charge in [0, 0.05) is 10.5 Å². The molecule has 1 aliphatic heterocycles. The van der Waals surface area contributed by atoms with E-state index in [1.165, 1.54) is 13.2 Å². The van der Waals surface area contributed by atoms with Crippen molar-refractivity contribution in [3.8, 4) is 11.5 Å². The number of Topliss-reactive ketones (excluding diaryl/α,β-unsaturated/α-hetero) is 1. The average Bonchev–Trinajstić information content (AvgIpc) is 3.08. The van der Waals surface area contributed by atoms with Crippen LogP contribution in [-0.4, -0.2) is 24.8 Å². The summed E-state index contributed by atoms with van der Waals surface area (Å²) in [7, 11) is 1.31. The lowest BCUT2D eigenvalue weighted by molar-refractivity contribution is 0.0600. The van der Waals surface area contributed by atoms with E-state index in [4.69, 9.17) is 9.47 Å². The van der Waals surface area contributed by atoms with Crippen molar-refractivity contribution >= 4 is 39.7 Å². The van der Waals surface area contributed by atoms with Crippen LogP contribution in [0.15, 0.2) is 77.0 Å². The fourth-order valence-corrected chi connectivity index (χ4v) is 3.23. The number of ketones is 1. The van der Waals surface area contributed by atoms with Crippen molar-refractivity contribution in [1.82, 2.24) is 0 Å². The van der Waals surface area contributed by atoms with Gasteiger partial charge in [0.05, 0.1) is 23.8 Å². The van der Waals surface area contributed by atoms with Gasteiger partial charge in [0.25, 0.3) is 0 Å². The fraction of sp³-hybridized carbons (Fsp3) is 0.0417. The van der Waals surface area contributed by atoms with Gasteiger partial charge in [-0.05, 0) is 60.2 Å². The first-order valence-corrected chi connectivity index (χ1v) is 9.98. The van der Waals surface area contributed by atoms with E-state index in [-0.39, 0.29) is 17.3 Å². The molecular weight excluding hydrogens is 464 g/mol. The van der Waals surface area contributed by atoms with Gasteiger partial charge in [-0.2, -0.15) is 0 Å². The summed E-state index contributed by atoms with van der Waals surface area (Å²) in [5.74, 6) is -0.523. The van der Waals surface area contributed by atoms with Gasteiger partial charge in [0.2, 0.25) is 5.78 Å². The molecule has 0 fully saturated rings. The van der Waals surface area contributed by atoms with Crippen LogP contribution >= 0.6 is 15.9 Å². The Labute approximate surface area is 186 Å². The number of carbonyl (C=O) groups is 3. The zero-order chi connectivity index (χ0) is 22.0. The molecule has 0 radical (unpaired) electrons. The van der Waals surface area contributed by atoms with Crippen LogP contribution in [0, 0.1) is 0 Å². The molecule has 0 unspecified atom stereocenters. The van der Waals surface area contributed by atoms with E-state index in [0.29, 0.717) is 28.0 Å². The summed E-state index contributed by atoms with van der Waals surface area (Å²) in [5.41, 5.74) is 1.87. The van der Waals surface area contributed by atoms with E-state index < -0.39 is 11.9 Å². The normalized spacial score (nSPS) is 13.5. The Kier molecular flexibility index (Phi) is 5.68. The summed E-state index contributed by atoms with van der Waals surface area (Å²) in [6.45, 7) is 0. The Morgan fingerprint density at radius 2 is 1.55 bits per heavy atom. The molecule has 154 valence electrons. The zero-order valence-corrected chi connectivity index (χ0v) is 17.8. The molecule has 31 heavy (non-hydrogen) atoms. The molecule has 3 aromatic carbocycles. The van der Waals surface area contributed by atoms with Crippen molar-refractivity contribution < 1.29 is 28.6 Å². The quantitative estimate of drug-likeness (QED) is 0.295. The van der Waals surface area contributed by atoms with Crippen molar-refractivity contribution in [3.63, 3.8) is 0 Å². The Bertz CT molecular complexity index is 1210. The number of rotatable bonds is 4. The van der Waals surface area contributed by atoms with Crippen molar-refractivity contribution in [2.24, 2.45) is 0 Å². The highest BCUT2D eigenvalue weighted by Gasteiger charge is 2.28. The lowest BCUT2D eigenvalue weighted by Crippen LogP contribution is -2.08. The van der Waals surface area contributed by atoms with E-state index in [2.05, 4.69) is 20.7 Å². The molecule has 3 aromatic rings. The molecule has 1 heterocycles. The number of allylic oxidation sites excluding steroid dienone is 1. The van der Waals surface area contributed by atoms with Crippen LogP contribution in [0.4, 0.5) is 0 Å². The number of ether oxygens (including phenoxy) is 3. The van der Waals surface area contributed by atoms with Gasteiger partial charge >= 0.3 is 11.9 Å². The van der Waals surface area contributed by atoms with Gasteiger partial charge < -0.3 is 14.2 Å². The van der Waals surface area contributed by atoms with Gasteiger partial charge in [0.15, 0.2) is 5.76 Å². The maximum atomic E-state index is 12.6. The maximum Gasteiger partial charge on any atom is 0.343 e. The molecule has 0 N–H and O–H groups in total. The predicted molar refractivity (Wildman–Crippen MR) is 116 cm³/mol. The number of halogens is 1. The van der Waals surface area contributed by atoms with E-state index in [9.17, 15) is 14.4 Å². The number of methoxy groups -OCH3 is 1. The summed E-state index contributed by atoms with van der Waals surface area (Å²) in [5, 5.41) is 0. The standard InChI is InChI=1S/C24H15BrO6/c1-29-23(27)15-4-2-14(3-5-15)12-21-22(26)19-11-10-18(13-20(19)31-21)30-24(28)16-6-8-17(25)9-7-16/h2-13H,1H3/b21-12-. The first-order chi connectivity index (χ1) is 14.9. The topological polar surface area (TPSA) is 78.9 Å². The summed E-state index contributed by atoms with van der Waals surface area (Å²) in [4.78, 5) is 36.5. The highest BCUT2D eigenvalue weighted by Crippen LogP contribution is 2.35. The molecule has 0 spiro atoms. The predicted octanol–water partition coefficient (Wildman–Crippen LogP) is 5.07. The molecule has 7 heteroatoms. The van der Waals surface area contributed by atoms with Gasteiger partial charge in [-0.25, -0.2) is 9.59 Å². The third kappa shape index (κ3) is 4.41. The van der Waals surface area contributed by atoms with Crippen molar-refractivity contribution in [1.29, 1.82) is 0 Å². The molecule has 6 nitrogen and oxygen atoms in total. The number of hydrogen-bond donors (Lipinski definition) is 0. The Hall–Kier alpha value is -3.71. The first-order valence-electron chi connectivity index (χ1n) is 9.19. The highest BCUT2D eigenvalue weighted by atomic mass is 79.9. The molecule has 0 saturated heterocycles. The second kappa shape index (κ2) is 8.57. The van der Waals surface area contributed by atoms with Crippen molar-refractivity contribution in [3.05, 3.63) is 99.2 Å². The van der Waals surface area contributed by atoms with E-state index in [1.54, 1.807) is 66.7 Å². The minimum absolute atomic E-state index is 0.136. The van der Waals surface area contributed by atoms with Gasteiger partial charge in [-0.3, -0.25) is 4.79 Å². The average molecular weight is 479 g/mol. The minimum atomic E-state index is -0.516. The Morgan fingerprint density at radius 3 is 2.23 bits per heavy atom. The molecule has 0 aliphatic carbocycles. The SMILES string of the molecule is COC(=O)c1ccc(/C=C2\Oc3cc(OC(=O)c4ccc(Br)cc4)ccc3C2=O)cc1. The number of fused-ring (bicyclic) bond motifs is 1. The van der Waals surface area contributed by atoms with Gasteiger partial charge in [-0.15, -0.1) is 0 Å². The number of hydrogen-bond acceptors (Lipinski definition) is 6. The molecule has 0 saturated carbocycles. The van der Waals surface area contributed by atoms with Crippen molar-refractivity contribution in [2.45, 2.75) is 0 Å². The number of esters is 2. The second-order valence-electron chi connectivity index (χ2n) is 6.61. The first kappa shape index (κ1) is 20.6. The highest BCUT2D eigenvalue weighted by molar-refractivity contribution is 9.10. The van der Waals surface area contributed by atoms with E-state index >= 15 is 0 Å². The van der Waals surface area contributed by atoms with Crippen LogP contribution in [-0.2, 0) is 4.74 Å². The fourth-order valence-electron chi connectivity index (χ4n) is 2.97. The zero-order valence-electron chi connectivity index (χ0n) is 16.3. The second-order valence-corrected chi connectivity index (χ2v) is 7.52. The molecular formula is C24H15BrO6. The monoisotopic (exact) mass is 478 g/mol. The molecule has 4 rings (SSSR count). The van der Waals surface area contributed by atoms with Crippen molar-refractivity contribution in [2.75, 3.05) is 7.11 Å². The summed E-state index contributed by atoms with van der Waals surface area (Å²) >= 11 is 3.32. The molecule has 0 amide bonds. The third-order valence-corrected chi connectivity index (χ3v) is 5.09. The third-order valence-electron chi connectivity index (χ3n) is 4.56. The van der Waals surface area contributed by atoms with E-state index in [1.807, 2.05) is 0 Å². The van der Waals surface area contributed by atoms with Crippen LogP contribution in [0.3, 0.4) is 0 Å². The minimum Gasteiger partial charge on any atom is -0.465 e. The largest absolute Gasteiger partial charge is 0.465 e. The smallest absolute Gasteiger partial charge is 0.343 e. The number of benzene rings is 3. The van der Waals surface area contributed by atoms with Gasteiger partial charge in [-0.1, -0.05) is 28.1 Å². The van der Waals surface area contributed by atoms with Crippen LogP contribution in [0.1, 0.15) is 36.6 Å². The van der Waals surface area contributed by atoms with E-state index in [0.717, 1.165) is 4.47 Å². The molecule has 0 aromatic heterocycles. The lowest BCUT2D eigenvalue weighted by Gasteiger charge is -2.06. The Morgan fingerprint density at radius 1 is 0.903 bits per heavy atom. The summed E-state index contributed by atoms with van der Waals surface area (Å²) in [6, 6.07) is 18.0. The lowest BCUT2D eigenvalue weighted by atomic mass is 10.1. The van der Waals surface area contributed by atoms with Crippen LogP contribution in [0.5, 0.6) is 11.5 Å². The summed E-state index contributed by atoms with van der Waals surface area (Å²) < 4.78 is 16.6. The molecule has 1 aliphatic rings. The maximum absolute atomic E-state index is 12.6. The van der Waals surface area contributed by atoms with Crippen LogP contribution < -0.4 is 9.47 Å². The van der Waals surface area contributed by atoms with Crippen LogP contribution in [0.25, 0.3) is 6.08 Å². The van der Waals surface area contributed by atoms with Gasteiger partial charge in [0.1, 0.15) is 11.5 Å². The molecule has 0 bridgehead atoms. The summed E-state index contributed by atoms with van der Waals surface area (Å²) in [6.07, 6.45) is 1.58. The number of carbonyl (C=O) groups excluding carboxylic acids is 3.